The molecular weight excluding hydrogens is 488 g/mol. The number of thiazole rings is 1. The van der Waals surface area contributed by atoms with E-state index in [0.717, 1.165) is 16.0 Å². The predicted molar refractivity (Wildman–Crippen MR) is 144 cm³/mol. The van der Waals surface area contributed by atoms with Crippen LogP contribution >= 0.6 is 11.3 Å². The quantitative estimate of drug-likeness (QED) is 0.246. The molecule has 5 aromatic rings. The predicted octanol–water partition coefficient (Wildman–Crippen LogP) is 6.12. The van der Waals surface area contributed by atoms with Gasteiger partial charge >= 0.3 is 0 Å². The summed E-state index contributed by atoms with van der Waals surface area (Å²) >= 11 is 1.36. The normalized spacial score (nSPS) is 14.8. The highest BCUT2D eigenvalue weighted by Gasteiger charge is 2.45. The van der Waals surface area contributed by atoms with E-state index in [9.17, 15) is 9.59 Å². The number of para-hydroxylation sites is 1. The zero-order valence-electron chi connectivity index (χ0n) is 20.0. The maximum atomic E-state index is 13.9. The molecule has 184 valence electrons. The van der Waals surface area contributed by atoms with Gasteiger partial charge in [0, 0.05) is 0 Å². The fourth-order valence-electron chi connectivity index (χ4n) is 4.61. The molecule has 0 saturated heterocycles. The van der Waals surface area contributed by atoms with Gasteiger partial charge in [0.25, 0.3) is 5.91 Å². The van der Waals surface area contributed by atoms with E-state index in [-0.39, 0.29) is 11.2 Å². The number of anilines is 1. The molecule has 0 bridgehead atoms. The molecule has 1 atom stereocenters. The van der Waals surface area contributed by atoms with Crippen LogP contribution < -0.4 is 19.8 Å². The van der Waals surface area contributed by atoms with Crippen molar-refractivity contribution in [2.45, 2.75) is 13.0 Å². The van der Waals surface area contributed by atoms with Crippen molar-refractivity contribution in [1.29, 1.82) is 0 Å². The van der Waals surface area contributed by atoms with E-state index in [1.54, 1.807) is 35.2 Å². The topological polar surface area (TPSA) is 81.9 Å². The lowest BCUT2D eigenvalue weighted by Crippen LogP contribution is -2.29. The van der Waals surface area contributed by atoms with Gasteiger partial charge in [0.1, 0.15) is 23.7 Å². The number of rotatable bonds is 7. The van der Waals surface area contributed by atoms with Gasteiger partial charge in [-0.15, -0.1) is 0 Å². The molecule has 8 heteroatoms. The number of ether oxygens (including phenoxy) is 2. The molecule has 0 fully saturated rings. The average Bonchev–Trinajstić information content (AvgIpc) is 3.46. The Labute approximate surface area is 216 Å². The second-order valence-electron chi connectivity index (χ2n) is 8.48. The van der Waals surface area contributed by atoms with Crippen molar-refractivity contribution in [3.63, 3.8) is 0 Å². The Morgan fingerprint density at radius 2 is 1.89 bits per heavy atom. The lowest BCUT2D eigenvalue weighted by atomic mass is 9.98. The van der Waals surface area contributed by atoms with E-state index in [0.29, 0.717) is 46.2 Å². The van der Waals surface area contributed by atoms with E-state index >= 15 is 0 Å². The molecule has 0 N–H and O–H groups in total. The van der Waals surface area contributed by atoms with Crippen LogP contribution in [0.4, 0.5) is 5.13 Å². The summed E-state index contributed by atoms with van der Waals surface area (Å²) in [5.41, 5.74) is 1.87. The molecule has 1 unspecified atom stereocenters. The van der Waals surface area contributed by atoms with Crippen molar-refractivity contribution in [3.05, 3.63) is 106 Å². The molecule has 1 aliphatic heterocycles. The molecule has 1 amide bonds. The van der Waals surface area contributed by atoms with E-state index in [2.05, 4.69) is 6.58 Å². The van der Waals surface area contributed by atoms with Crippen LogP contribution in [0.5, 0.6) is 11.5 Å². The van der Waals surface area contributed by atoms with Crippen molar-refractivity contribution >= 4 is 43.6 Å². The van der Waals surface area contributed by atoms with Crippen LogP contribution in [0.2, 0.25) is 0 Å². The fourth-order valence-corrected chi connectivity index (χ4v) is 5.63. The first-order chi connectivity index (χ1) is 18.1. The van der Waals surface area contributed by atoms with Crippen LogP contribution in [0, 0.1) is 0 Å². The number of hydrogen-bond donors (Lipinski definition) is 0. The maximum Gasteiger partial charge on any atom is 0.297 e. The minimum absolute atomic E-state index is 0.0281. The van der Waals surface area contributed by atoms with Gasteiger partial charge < -0.3 is 13.9 Å². The zero-order chi connectivity index (χ0) is 25.5. The van der Waals surface area contributed by atoms with Gasteiger partial charge in [0.05, 0.1) is 33.8 Å². The molecule has 6 rings (SSSR count). The Kier molecular flexibility index (Phi) is 5.73. The number of amides is 1. The summed E-state index contributed by atoms with van der Waals surface area (Å²) < 4.78 is 18.3. The minimum atomic E-state index is -0.734. The van der Waals surface area contributed by atoms with E-state index in [1.165, 1.54) is 11.3 Å². The molecule has 3 aromatic carbocycles. The van der Waals surface area contributed by atoms with Crippen molar-refractivity contribution in [2.75, 3.05) is 18.1 Å². The van der Waals surface area contributed by atoms with Crippen molar-refractivity contribution < 1.29 is 18.7 Å². The minimum Gasteiger partial charge on any atom is -0.494 e. The van der Waals surface area contributed by atoms with Crippen LogP contribution in [0.1, 0.15) is 34.6 Å². The van der Waals surface area contributed by atoms with Gasteiger partial charge in [0.2, 0.25) is 5.76 Å². The van der Waals surface area contributed by atoms with Crippen LogP contribution in [-0.2, 0) is 0 Å². The van der Waals surface area contributed by atoms with Crippen LogP contribution in [0.15, 0.2) is 88.6 Å². The SMILES string of the molecule is C=CCOc1cccc(C2c3c(oc4ccccc4c3=O)C(=O)N2c2nc3ccc(OCC)cc3s2)c1. The molecule has 2 aromatic heterocycles. The third-order valence-corrected chi connectivity index (χ3v) is 7.20. The first kappa shape index (κ1) is 23.0. The van der Waals surface area contributed by atoms with Gasteiger partial charge in [-0.2, -0.15) is 0 Å². The number of aromatic nitrogens is 1. The monoisotopic (exact) mass is 510 g/mol. The second-order valence-corrected chi connectivity index (χ2v) is 9.49. The lowest BCUT2D eigenvalue weighted by Gasteiger charge is -2.23. The van der Waals surface area contributed by atoms with Crippen molar-refractivity contribution in [1.82, 2.24) is 4.98 Å². The van der Waals surface area contributed by atoms with Crippen molar-refractivity contribution in [2.24, 2.45) is 0 Å². The standard InChI is InChI=1S/C29H22N2O5S/c1-3-14-35-18-9-7-8-17(15-18)25-24-26(32)20-10-5-6-11-22(20)36-27(24)28(33)31(25)29-30-21-13-12-19(34-4-2)16-23(21)37-29/h3,5-13,15-16,25H,1,4,14H2,2H3. The molecule has 3 heterocycles. The molecule has 7 nitrogen and oxygen atoms in total. The molecule has 1 aliphatic rings. The van der Waals surface area contributed by atoms with Crippen LogP contribution in [-0.4, -0.2) is 24.1 Å². The zero-order valence-corrected chi connectivity index (χ0v) is 20.8. The highest BCUT2D eigenvalue weighted by Crippen LogP contribution is 2.44. The van der Waals surface area contributed by atoms with Crippen LogP contribution in [0.3, 0.4) is 0 Å². The number of nitrogens with zero attached hydrogens (tertiary/aromatic N) is 2. The van der Waals surface area contributed by atoms with Gasteiger partial charge in [0.15, 0.2) is 10.6 Å². The Hall–Kier alpha value is -4.43. The molecule has 0 radical (unpaired) electrons. The third-order valence-electron chi connectivity index (χ3n) is 6.19. The number of hydrogen-bond acceptors (Lipinski definition) is 7. The summed E-state index contributed by atoms with van der Waals surface area (Å²) in [6.45, 7) is 6.50. The van der Waals surface area contributed by atoms with Gasteiger partial charge in [-0.05, 0) is 55.0 Å². The van der Waals surface area contributed by atoms with E-state index in [1.807, 2.05) is 49.4 Å². The number of carbonyl (C=O) groups excluding carboxylic acids is 1. The molecule has 0 aliphatic carbocycles. The summed E-state index contributed by atoms with van der Waals surface area (Å²) in [5.74, 6) is 0.951. The van der Waals surface area contributed by atoms with Gasteiger partial charge in [-0.25, -0.2) is 4.98 Å². The summed E-state index contributed by atoms with van der Waals surface area (Å²) in [4.78, 5) is 33.9. The third kappa shape index (κ3) is 3.86. The Bertz CT molecular complexity index is 1740. The molecule has 0 spiro atoms. The maximum absolute atomic E-state index is 13.9. The van der Waals surface area contributed by atoms with E-state index in [4.69, 9.17) is 18.9 Å². The highest BCUT2D eigenvalue weighted by atomic mass is 32.1. The summed E-state index contributed by atoms with van der Waals surface area (Å²) in [6.07, 6.45) is 1.66. The van der Waals surface area contributed by atoms with Gasteiger partial charge in [-0.3, -0.25) is 14.5 Å². The first-order valence-corrected chi connectivity index (χ1v) is 12.7. The molecule has 0 saturated carbocycles. The Balaban J connectivity index is 1.56. The van der Waals surface area contributed by atoms with E-state index < -0.39 is 11.9 Å². The summed E-state index contributed by atoms with van der Waals surface area (Å²) in [6, 6.07) is 19.2. The van der Waals surface area contributed by atoms with Gasteiger partial charge in [-0.1, -0.05) is 48.3 Å². The lowest BCUT2D eigenvalue weighted by molar-refractivity contribution is 0.0971. The fraction of sp³-hybridized carbons (Fsp3) is 0.138. The van der Waals surface area contributed by atoms with Crippen LogP contribution in [0.25, 0.3) is 21.2 Å². The number of benzene rings is 3. The molecule has 37 heavy (non-hydrogen) atoms. The summed E-state index contributed by atoms with van der Waals surface area (Å²) in [5, 5.41) is 0.886. The Morgan fingerprint density at radius 1 is 1.05 bits per heavy atom. The smallest absolute Gasteiger partial charge is 0.297 e. The summed E-state index contributed by atoms with van der Waals surface area (Å²) in [7, 11) is 0. The average molecular weight is 511 g/mol. The Morgan fingerprint density at radius 3 is 2.73 bits per heavy atom. The first-order valence-electron chi connectivity index (χ1n) is 11.9. The number of fused-ring (bicyclic) bond motifs is 3. The molecular formula is C29H22N2O5S. The second kappa shape index (κ2) is 9.22. The number of carbonyl (C=O) groups is 1. The largest absolute Gasteiger partial charge is 0.494 e. The highest BCUT2D eigenvalue weighted by molar-refractivity contribution is 7.22. The van der Waals surface area contributed by atoms with Crippen molar-refractivity contribution in [3.8, 4) is 11.5 Å².